The molecule has 0 radical (unpaired) electrons. The van der Waals surface area contributed by atoms with Gasteiger partial charge in [-0.1, -0.05) is 19.3 Å². The Labute approximate surface area is 133 Å². The topological polar surface area (TPSA) is 52.5 Å². The molecule has 1 aliphatic carbocycles. The van der Waals surface area contributed by atoms with Gasteiger partial charge in [-0.2, -0.15) is 0 Å². The van der Waals surface area contributed by atoms with Crippen molar-refractivity contribution in [2.45, 2.75) is 50.5 Å². The van der Waals surface area contributed by atoms with Crippen LogP contribution >= 0.6 is 0 Å². The Balaban J connectivity index is 1.59. The van der Waals surface area contributed by atoms with E-state index in [-0.39, 0.29) is 0 Å². The normalized spacial score (nSPS) is 22.4. The smallest absolute Gasteiger partial charge is 0.136 e. The Morgan fingerprint density at radius 1 is 1.23 bits per heavy atom. The van der Waals surface area contributed by atoms with Crippen LogP contribution in [0.15, 0.2) is 6.07 Å². The first-order valence-corrected chi connectivity index (χ1v) is 8.43. The second kappa shape index (κ2) is 6.13. The summed E-state index contributed by atoms with van der Waals surface area (Å²) in [6.45, 7) is 4.78. The third kappa shape index (κ3) is 3.41. The Kier molecular flexibility index (Phi) is 4.37. The van der Waals surface area contributed by atoms with Gasteiger partial charge in [0.1, 0.15) is 11.6 Å². The van der Waals surface area contributed by atoms with E-state index in [0.717, 1.165) is 49.8 Å². The maximum atomic E-state index is 10.6. The number of β-amino-alcohol motifs (C(OH)–C–C–N with tert-alkyl or cyclic N) is 1. The van der Waals surface area contributed by atoms with Crippen molar-refractivity contribution in [3.05, 3.63) is 17.6 Å². The van der Waals surface area contributed by atoms with Crippen LogP contribution in [-0.2, 0) is 0 Å². The van der Waals surface area contributed by atoms with E-state index in [9.17, 15) is 5.11 Å². The number of aryl methyl sites for hydroxylation is 1. The minimum Gasteiger partial charge on any atom is -0.389 e. The second-order valence-electron chi connectivity index (χ2n) is 7.30. The maximum absolute atomic E-state index is 10.6. The average Bonchev–Trinajstić information content (AvgIpc) is 2.42. The third-order valence-electron chi connectivity index (χ3n) is 4.94. The van der Waals surface area contributed by atoms with Crippen molar-refractivity contribution in [1.29, 1.82) is 0 Å². The third-order valence-corrected chi connectivity index (χ3v) is 4.94. The molecule has 1 saturated carbocycles. The summed E-state index contributed by atoms with van der Waals surface area (Å²) in [5, 5.41) is 10.6. The van der Waals surface area contributed by atoms with Crippen molar-refractivity contribution in [3.8, 4) is 0 Å². The highest BCUT2D eigenvalue weighted by Gasteiger charge is 2.37. The molecule has 2 fully saturated rings. The fourth-order valence-corrected chi connectivity index (χ4v) is 3.63. The van der Waals surface area contributed by atoms with Gasteiger partial charge in [-0.15, -0.1) is 0 Å². The van der Waals surface area contributed by atoms with Crippen molar-refractivity contribution in [2.75, 3.05) is 38.6 Å². The molecule has 5 heteroatoms. The van der Waals surface area contributed by atoms with Crippen molar-refractivity contribution < 1.29 is 5.11 Å². The van der Waals surface area contributed by atoms with Gasteiger partial charge in [0.05, 0.1) is 5.60 Å². The van der Waals surface area contributed by atoms with Gasteiger partial charge in [0.15, 0.2) is 0 Å². The van der Waals surface area contributed by atoms with Crippen LogP contribution in [0.5, 0.6) is 0 Å². The van der Waals surface area contributed by atoms with E-state index in [2.05, 4.69) is 14.9 Å². The molecule has 5 nitrogen and oxygen atoms in total. The molecule has 2 aliphatic rings. The molecule has 2 heterocycles. The summed E-state index contributed by atoms with van der Waals surface area (Å²) in [4.78, 5) is 13.7. The van der Waals surface area contributed by atoms with Gasteiger partial charge >= 0.3 is 0 Å². The Morgan fingerprint density at radius 3 is 2.55 bits per heavy atom. The number of rotatable bonds is 4. The summed E-state index contributed by atoms with van der Waals surface area (Å²) in [5.41, 5.74) is 0.573. The highest BCUT2D eigenvalue weighted by atomic mass is 16.3. The lowest BCUT2D eigenvalue weighted by molar-refractivity contribution is -0.0448. The molecule has 1 N–H and O–H groups in total. The Bertz CT molecular complexity index is 519. The SMILES string of the molecule is Cc1cc(N(C)C)nc(C2CN(CC3(O)CCCCC3)C2)n1. The van der Waals surface area contributed by atoms with Gasteiger partial charge in [-0.25, -0.2) is 9.97 Å². The minimum atomic E-state index is -0.453. The Morgan fingerprint density at radius 2 is 1.91 bits per heavy atom. The fourth-order valence-electron chi connectivity index (χ4n) is 3.63. The minimum absolute atomic E-state index is 0.408. The van der Waals surface area contributed by atoms with Gasteiger partial charge in [0, 0.05) is 51.4 Å². The predicted molar refractivity (Wildman–Crippen MR) is 88.3 cm³/mol. The lowest BCUT2D eigenvalue weighted by Crippen LogP contribution is -2.53. The first-order valence-electron chi connectivity index (χ1n) is 8.43. The molecule has 22 heavy (non-hydrogen) atoms. The summed E-state index contributed by atoms with van der Waals surface area (Å²) in [5.74, 6) is 2.34. The number of anilines is 1. The number of aromatic nitrogens is 2. The zero-order valence-electron chi connectivity index (χ0n) is 14.0. The lowest BCUT2D eigenvalue weighted by atomic mass is 9.83. The van der Waals surface area contributed by atoms with Gasteiger partial charge in [0.2, 0.25) is 0 Å². The van der Waals surface area contributed by atoms with E-state index in [1.807, 2.05) is 32.0 Å². The second-order valence-corrected chi connectivity index (χ2v) is 7.30. The molecule has 1 aromatic rings. The standard InChI is InChI=1S/C17H28N4O/c1-13-9-15(20(2)3)19-16(18-13)14-10-21(11-14)12-17(22)7-5-4-6-8-17/h9,14,22H,4-8,10-12H2,1-3H3. The molecule has 0 aromatic carbocycles. The summed E-state index contributed by atoms with van der Waals surface area (Å²) >= 11 is 0. The molecule has 122 valence electrons. The molecule has 1 aliphatic heterocycles. The summed E-state index contributed by atoms with van der Waals surface area (Å²) in [6, 6.07) is 2.02. The summed E-state index contributed by atoms with van der Waals surface area (Å²) < 4.78 is 0. The van der Waals surface area contributed by atoms with Gasteiger partial charge in [-0.05, 0) is 19.8 Å². The average molecular weight is 304 g/mol. The van der Waals surface area contributed by atoms with E-state index in [1.54, 1.807) is 0 Å². The number of likely N-dealkylation sites (tertiary alicyclic amines) is 1. The van der Waals surface area contributed by atoms with Crippen molar-refractivity contribution >= 4 is 5.82 Å². The number of hydrogen-bond acceptors (Lipinski definition) is 5. The molecule has 1 saturated heterocycles. The first-order chi connectivity index (χ1) is 10.5. The van der Waals surface area contributed by atoms with Crippen LogP contribution in [0.3, 0.4) is 0 Å². The van der Waals surface area contributed by atoms with E-state index in [4.69, 9.17) is 0 Å². The van der Waals surface area contributed by atoms with Crippen LogP contribution in [0, 0.1) is 6.92 Å². The highest BCUT2D eigenvalue weighted by Crippen LogP contribution is 2.33. The molecule has 0 atom stereocenters. The molecule has 1 aromatic heterocycles. The van der Waals surface area contributed by atoms with Crippen molar-refractivity contribution in [1.82, 2.24) is 14.9 Å². The summed E-state index contributed by atoms with van der Waals surface area (Å²) in [6.07, 6.45) is 5.52. The molecular formula is C17H28N4O. The van der Waals surface area contributed by atoms with Crippen LogP contribution in [0.4, 0.5) is 5.82 Å². The van der Waals surface area contributed by atoms with Crippen LogP contribution < -0.4 is 4.90 Å². The van der Waals surface area contributed by atoms with Crippen LogP contribution in [0.1, 0.15) is 49.5 Å². The molecule has 0 spiro atoms. The quantitative estimate of drug-likeness (QED) is 0.921. The molecule has 0 bridgehead atoms. The fraction of sp³-hybridized carbons (Fsp3) is 0.765. The molecular weight excluding hydrogens is 276 g/mol. The predicted octanol–water partition coefficient (Wildman–Crippen LogP) is 1.95. The van der Waals surface area contributed by atoms with Crippen molar-refractivity contribution in [2.24, 2.45) is 0 Å². The maximum Gasteiger partial charge on any atom is 0.136 e. The monoisotopic (exact) mass is 304 g/mol. The van der Waals surface area contributed by atoms with E-state index in [0.29, 0.717) is 5.92 Å². The zero-order chi connectivity index (χ0) is 15.7. The molecule has 0 unspecified atom stereocenters. The highest BCUT2D eigenvalue weighted by molar-refractivity contribution is 5.38. The zero-order valence-corrected chi connectivity index (χ0v) is 14.0. The van der Waals surface area contributed by atoms with Gasteiger partial charge in [-0.3, -0.25) is 4.90 Å². The summed E-state index contributed by atoms with van der Waals surface area (Å²) in [7, 11) is 4.02. The lowest BCUT2D eigenvalue weighted by Gasteiger charge is -2.44. The van der Waals surface area contributed by atoms with Gasteiger partial charge < -0.3 is 10.0 Å². The van der Waals surface area contributed by atoms with E-state index < -0.39 is 5.60 Å². The van der Waals surface area contributed by atoms with E-state index >= 15 is 0 Å². The van der Waals surface area contributed by atoms with Gasteiger partial charge in [0.25, 0.3) is 0 Å². The number of aliphatic hydroxyl groups is 1. The largest absolute Gasteiger partial charge is 0.389 e. The van der Waals surface area contributed by atoms with Crippen LogP contribution in [0.25, 0.3) is 0 Å². The molecule has 0 amide bonds. The number of nitrogens with zero attached hydrogens (tertiary/aromatic N) is 4. The Hall–Kier alpha value is -1.20. The first kappa shape index (κ1) is 15.7. The molecule has 3 rings (SSSR count). The van der Waals surface area contributed by atoms with Crippen LogP contribution in [-0.4, -0.2) is 59.3 Å². The van der Waals surface area contributed by atoms with Crippen LogP contribution in [0.2, 0.25) is 0 Å². The van der Waals surface area contributed by atoms with E-state index in [1.165, 1.54) is 19.3 Å². The van der Waals surface area contributed by atoms with Crippen molar-refractivity contribution in [3.63, 3.8) is 0 Å². The number of hydrogen-bond donors (Lipinski definition) is 1.